The molecule has 144 valence electrons. The Morgan fingerprint density at radius 1 is 1.14 bits per heavy atom. The maximum absolute atomic E-state index is 12.7. The van der Waals surface area contributed by atoms with Gasteiger partial charge >= 0.3 is 5.84 Å². The lowest BCUT2D eigenvalue weighted by atomic mass is 10.1. The molecule has 0 unspecified atom stereocenters. The van der Waals surface area contributed by atoms with E-state index in [2.05, 4.69) is 26.0 Å². The van der Waals surface area contributed by atoms with E-state index in [1.807, 2.05) is 47.4 Å². The fraction of sp³-hybridized carbons (Fsp3) is 0.0909. The van der Waals surface area contributed by atoms with E-state index in [0.717, 1.165) is 21.3 Å². The van der Waals surface area contributed by atoms with Crippen LogP contribution in [0.15, 0.2) is 71.2 Å². The standard InChI is InChI=1S/C22H17BrN4O2/c1-29-17-10-7-14(8-11-17)22(28)25-19-4-2-3-5-20(19)27-13-15-6-9-16(23)12-18(15)21(27)26-24/h2-12H,13H2,1H3,(H,25,28). The Labute approximate surface area is 176 Å². The van der Waals surface area contributed by atoms with Gasteiger partial charge in [0.25, 0.3) is 5.91 Å². The van der Waals surface area contributed by atoms with Gasteiger partial charge in [-0.05, 0) is 48.5 Å². The van der Waals surface area contributed by atoms with Gasteiger partial charge in [0, 0.05) is 15.6 Å². The zero-order valence-corrected chi connectivity index (χ0v) is 17.2. The van der Waals surface area contributed by atoms with Crippen molar-refractivity contribution in [2.45, 2.75) is 6.54 Å². The van der Waals surface area contributed by atoms with E-state index >= 15 is 0 Å². The number of nitrogens with zero attached hydrogens (tertiary/aromatic N) is 3. The maximum Gasteiger partial charge on any atom is 0.367 e. The van der Waals surface area contributed by atoms with Gasteiger partial charge in [-0.15, -0.1) is 0 Å². The topological polar surface area (TPSA) is 78.0 Å². The van der Waals surface area contributed by atoms with Crippen molar-refractivity contribution < 1.29 is 14.3 Å². The molecule has 1 N–H and O–H groups in total. The summed E-state index contributed by atoms with van der Waals surface area (Å²) in [7, 11) is 1.58. The molecule has 1 heterocycles. The number of ether oxygens (including phenoxy) is 1. The Balaban J connectivity index is 1.65. The van der Waals surface area contributed by atoms with Crippen LogP contribution in [-0.2, 0) is 6.54 Å². The highest BCUT2D eigenvalue weighted by Gasteiger charge is 2.36. The normalized spacial score (nSPS) is 12.3. The van der Waals surface area contributed by atoms with Crippen LogP contribution in [0.4, 0.5) is 11.4 Å². The van der Waals surface area contributed by atoms with Gasteiger partial charge in [0.1, 0.15) is 12.3 Å². The van der Waals surface area contributed by atoms with Crippen LogP contribution in [0.1, 0.15) is 21.5 Å². The second kappa shape index (κ2) is 7.91. The minimum atomic E-state index is -0.234. The van der Waals surface area contributed by atoms with Gasteiger partial charge in [0.2, 0.25) is 0 Å². The van der Waals surface area contributed by atoms with Crippen LogP contribution in [-0.4, -0.2) is 23.6 Å². The molecular weight excluding hydrogens is 432 g/mol. The molecule has 6 nitrogen and oxygen atoms in total. The van der Waals surface area contributed by atoms with Crippen molar-refractivity contribution in [3.63, 3.8) is 0 Å². The molecular formula is C22H17BrN4O2. The third kappa shape index (κ3) is 3.66. The van der Waals surface area contributed by atoms with Crippen LogP contribution >= 0.6 is 15.9 Å². The van der Waals surface area contributed by atoms with Crippen molar-refractivity contribution in [1.82, 2.24) is 0 Å². The quantitative estimate of drug-likeness (QED) is 0.463. The number of para-hydroxylation sites is 2. The van der Waals surface area contributed by atoms with E-state index in [0.29, 0.717) is 29.4 Å². The van der Waals surface area contributed by atoms with Crippen molar-refractivity contribution in [2.75, 3.05) is 17.3 Å². The number of amidine groups is 1. The summed E-state index contributed by atoms with van der Waals surface area (Å²) in [5.41, 5.74) is 13.4. The zero-order valence-electron chi connectivity index (χ0n) is 15.6. The third-order valence-electron chi connectivity index (χ3n) is 4.79. The minimum Gasteiger partial charge on any atom is -0.497 e. The van der Waals surface area contributed by atoms with E-state index in [1.54, 1.807) is 31.4 Å². The lowest BCUT2D eigenvalue weighted by Gasteiger charge is -2.15. The second-order valence-electron chi connectivity index (χ2n) is 6.51. The third-order valence-corrected chi connectivity index (χ3v) is 5.28. The molecule has 3 aromatic carbocycles. The lowest BCUT2D eigenvalue weighted by molar-refractivity contribution is -0.00582. The molecule has 0 saturated carbocycles. The smallest absolute Gasteiger partial charge is 0.367 e. The number of nitrogens with one attached hydrogen (secondary N) is 1. The van der Waals surface area contributed by atoms with Gasteiger partial charge in [-0.1, -0.05) is 34.1 Å². The number of carbonyl (C=O) groups excluding carboxylic acids is 1. The van der Waals surface area contributed by atoms with E-state index < -0.39 is 0 Å². The molecule has 3 aromatic rings. The Kier molecular flexibility index (Phi) is 5.16. The molecule has 4 rings (SSSR count). The van der Waals surface area contributed by atoms with E-state index in [9.17, 15) is 10.3 Å². The highest BCUT2D eigenvalue weighted by Crippen LogP contribution is 2.34. The number of halogens is 1. The van der Waals surface area contributed by atoms with Crippen molar-refractivity contribution in [2.24, 2.45) is 0 Å². The highest BCUT2D eigenvalue weighted by molar-refractivity contribution is 9.10. The van der Waals surface area contributed by atoms with Crippen molar-refractivity contribution >= 4 is 39.0 Å². The van der Waals surface area contributed by atoms with Gasteiger partial charge in [-0.2, -0.15) is 0 Å². The summed E-state index contributed by atoms with van der Waals surface area (Å²) in [6.07, 6.45) is 0. The molecule has 0 bridgehead atoms. The molecule has 1 aliphatic heterocycles. The first-order valence-electron chi connectivity index (χ1n) is 8.93. The number of benzene rings is 3. The molecule has 0 atom stereocenters. The molecule has 7 heteroatoms. The van der Waals surface area contributed by atoms with Crippen LogP contribution in [0, 0.1) is 0 Å². The predicted octanol–water partition coefficient (Wildman–Crippen LogP) is 4.71. The predicted molar refractivity (Wildman–Crippen MR) is 115 cm³/mol. The number of hydrogen-bond donors (Lipinski definition) is 1. The first-order chi connectivity index (χ1) is 14.1. The Bertz CT molecular complexity index is 1140. The number of anilines is 2. The number of methoxy groups -OCH3 is 1. The van der Waals surface area contributed by atoms with Crippen LogP contribution in [0.2, 0.25) is 0 Å². The molecule has 0 aromatic heterocycles. The number of hydrogen-bond acceptors (Lipinski definition) is 2. The molecule has 0 spiro atoms. The molecule has 0 radical (unpaired) electrons. The van der Waals surface area contributed by atoms with Crippen molar-refractivity contribution in [1.29, 1.82) is 0 Å². The zero-order chi connectivity index (χ0) is 20.4. The summed E-state index contributed by atoms with van der Waals surface area (Å²) < 4.78 is 6.04. The molecule has 0 saturated heterocycles. The number of fused-ring (bicyclic) bond motifs is 1. The van der Waals surface area contributed by atoms with Crippen molar-refractivity contribution in [3.8, 4) is 5.75 Å². The van der Waals surface area contributed by atoms with Crippen LogP contribution in [0.5, 0.6) is 5.75 Å². The van der Waals surface area contributed by atoms with Gasteiger partial charge < -0.3 is 20.4 Å². The average molecular weight is 449 g/mol. The van der Waals surface area contributed by atoms with Crippen LogP contribution in [0.3, 0.4) is 0 Å². The summed E-state index contributed by atoms with van der Waals surface area (Å²) in [6.45, 7) is 0.539. The summed E-state index contributed by atoms with van der Waals surface area (Å²) in [5.74, 6) is 0.890. The first-order valence-corrected chi connectivity index (χ1v) is 9.73. The monoisotopic (exact) mass is 448 g/mol. The Morgan fingerprint density at radius 3 is 2.62 bits per heavy atom. The van der Waals surface area contributed by atoms with E-state index in [4.69, 9.17) is 4.74 Å². The summed E-state index contributed by atoms with van der Waals surface area (Å²) in [5, 5.41) is 2.96. The van der Waals surface area contributed by atoms with Gasteiger partial charge in [-0.3, -0.25) is 4.79 Å². The molecule has 1 aliphatic rings. The molecule has 0 aliphatic carbocycles. The van der Waals surface area contributed by atoms with Crippen LogP contribution < -0.4 is 15.0 Å². The first kappa shape index (κ1) is 18.9. The average Bonchev–Trinajstić information content (AvgIpc) is 3.11. The molecule has 0 fully saturated rings. The highest BCUT2D eigenvalue weighted by atomic mass is 79.9. The Hall–Kier alpha value is -3.41. The van der Waals surface area contributed by atoms with Gasteiger partial charge in [0.05, 0.1) is 18.4 Å². The number of amides is 1. The molecule has 29 heavy (non-hydrogen) atoms. The lowest BCUT2D eigenvalue weighted by Crippen LogP contribution is -2.26. The minimum absolute atomic E-state index is 0.234. The van der Waals surface area contributed by atoms with Gasteiger partial charge in [0.15, 0.2) is 5.69 Å². The summed E-state index contributed by atoms with van der Waals surface area (Å²) in [4.78, 5) is 18.1. The van der Waals surface area contributed by atoms with Crippen LogP contribution in [0.25, 0.3) is 5.53 Å². The fourth-order valence-electron chi connectivity index (χ4n) is 3.34. The summed E-state index contributed by atoms with van der Waals surface area (Å²) >= 11 is 3.46. The second-order valence-corrected chi connectivity index (χ2v) is 7.43. The van der Waals surface area contributed by atoms with Crippen molar-refractivity contribution in [3.05, 3.63) is 93.4 Å². The maximum atomic E-state index is 12.7. The van der Waals surface area contributed by atoms with E-state index in [1.165, 1.54) is 0 Å². The number of rotatable bonds is 4. The fourth-order valence-corrected chi connectivity index (χ4v) is 3.71. The SMILES string of the molecule is COc1ccc(C(=O)Nc2ccccc2N2Cc3ccc(Br)cc3C2=[N+]=[N-])cc1. The Morgan fingerprint density at radius 2 is 1.90 bits per heavy atom. The summed E-state index contributed by atoms with van der Waals surface area (Å²) in [6, 6.07) is 20.2. The van der Waals surface area contributed by atoms with E-state index in [-0.39, 0.29) is 5.91 Å². The van der Waals surface area contributed by atoms with Gasteiger partial charge in [-0.25, -0.2) is 4.90 Å². The number of carbonyl (C=O) groups is 1. The largest absolute Gasteiger partial charge is 0.497 e. The molecule has 1 amide bonds.